The molecule has 0 aromatic heterocycles. The molecule has 1 aromatic carbocycles. The summed E-state index contributed by atoms with van der Waals surface area (Å²) in [6, 6.07) is 8.25. The maximum atomic E-state index is 12.8. The molecule has 3 N–H and O–H groups in total. The molecule has 1 heterocycles. The number of nitrogens with one attached hydrogen (secondary N) is 1. The van der Waals surface area contributed by atoms with E-state index in [1.54, 1.807) is 30.3 Å². The molecule has 2 atom stereocenters. The highest BCUT2D eigenvalue weighted by atomic mass is 32.2. The maximum Gasteiger partial charge on any atom is 0.243 e. The Morgan fingerprint density at radius 3 is 2.50 bits per heavy atom. The van der Waals surface area contributed by atoms with Crippen molar-refractivity contribution in [1.82, 2.24) is 9.62 Å². The highest BCUT2D eigenvalue weighted by Gasteiger charge is 2.44. The fraction of sp³-hybridized carbons (Fsp3) is 0.684. The Hall–Kier alpha value is -0.990. The molecule has 0 bridgehead atoms. The number of aliphatic hydroxyl groups is 2. The van der Waals surface area contributed by atoms with Crippen LogP contribution in [0.3, 0.4) is 0 Å². The van der Waals surface area contributed by atoms with Crippen LogP contribution in [-0.4, -0.2) is 60.8 Å². The molecule has 3 rings (SSSR count). The van der Waals surface area contributed by atoms with Gasteiger partial charge in [0.15, 0.2) is 0 Å². The molecule has 146 valence electrons. The number of rotatable bonds is 6. The minimum atomic E-state index is -3.67. The summed E-state index contributed by atoms with van der Waals surface area (Å²) < 4.78 is 26.9. The van der Waals surface area contributed by atoms with Gasteiger partial charge in [-0.2, -0.15) is 4.31 Å². The zero-order valence-electron chi connectivity index (χ0n) is 15.2. The van der Waals surface area contributed by atoms with Crippen LogP contribution in [0.1, 0.15) is 38.5 Å². The third-order valence-corrected chi connectivity index (χ3v) is 7.55. The van der Waals surface area contributed by atoms with Crippen LogP contribution >= 0.6 is 0 Å². The molecule has 26 heavy (non-hydrogen) atoms. The van der Waals surface area contributed by atoms with Crippen LogP contribution < -0.4 is 5.32 Å². The van der Waals surface area contributed by atoms with Crippen LogP contribution in [0.5, 0.6) is 0 Å². The monoisotopic (exact) mass is 382 g/mol. The van der Waals surface area contributed by atoms with E-state index in [-0.39, 0.29) is 31.0 Å². The Morgan fingerprint density at radius 2 is 1.81 bits per heavy atom. The van der Waals surface area contributed by atoms with Gasteiger partial charge < -0.3 is 15.5 Å². The number of hydrogen-bond donors (Lipinski definition) is 3. The lowest BCUT2D eigenvalue weighted by Gasteiger charge is -2.42. The summed E-state index contributed by atoms with van der Waals surface area (Å²) in [6.45, 7) is 1.12. The number of benzene rings is 1. The number of hydrogen-bond acceptors (Lipinski definition) is 5. The fourth-order valence-corrected chi connectivity index (χ4v) is 5.57. The number of aliphatic hydroxyl groups excluding tert-OH is 1. The summed E-state index contributed by atoms with van der Waals surface area (Å²) in [4.78, 5) is 0.217. The van der Waals surface area contributed by atoms with E-state index in [0.29, 0.717) is 5.92 Å². The second-order valence-corrected chi connectivity index (χ2v) is 9.63. The molecule has 2 aliphatic rings. The number of piperidine rings is 1. The van der Waals surface area contributed by atoms with Gasteiger partial charge >= 0.3 is 0 Å². The summed E-state index contributed by atoms with van der Waals surface area (Å²) in [5, 5.41) is 24.5. The van der Waals surface area contributed by atoms with Crippen molar-refractivity contribution in [3.63, 3.8) is 0 Å². The molecule has 0 amide bonds. The van der Waals surface area contributed by atoms with E-state index in [1.165, 1.54) is 36.4 Å². The molecule has 1 aliphatic heterocycles. The number of β-amino-alcohol motifs (C(OH)–C–C–N with tert-alkyl or cyclic N) is 1. The van der Waals surface area contributed by atoms with Gasteiger partial charge in [0, 0.05) is 19.6 Å². The zero-order valence-corrected chi connectivity index (χ0v) is 16.0. The molecule has 2 fully saturated rings. The van der Waals surface area contributed by atoms with E-state index in [1.807, 2.05) is 0 Å². The lowest BCUT2D eigenvalue weighted by molar-refractivity contribution is -0.104. The minimum Gasteiger partial charge on any atom is -0.390 e. The highest BCUT2D eigenvalue weighted by Crippen LogP contribution is 2.27. The van der Waals surface area contributed by atoms with Crippen LogP contribution in [-0.2, 0) is 10.0 Å². The minimum absolute atomic E-state index is 0.0942. The van der Waals surface area contributed by atoms with Crippen molar-refractivity contribution in [3.8, 4) is 0 Å². The summed E-state index contributed by atoms with van der Waals surface area (Å²) in [6.07, 6.45) is 5.50. The second kappa shape index (κ2) is 8.35. The van der Waals surface area contributed by atoms with Crippen molar-refractivity contribution in [2.75, 3.05) is 26.2 Å². The first-order valence-corrected chi connectivity index (χ1v) is 11.0. The first-order chi connectivity index (χ1) is 12.4. The molecule has 0 radical (unpaired) electrons. The van der Waals surface area contributed by atoms with E-state index in [4.69, 9.17) is 0 Å². The Morgan fingerprint density at radius 1 is 1.12 bits per heavy atom. The molecular weight excluding hydrogens is 352 g/mol. The lowest BCUT2D eigenvalue weighted by Crippen LogP contribution is -2.62. The van der Waals surface area contributed by atoms with E-state index in [9.17, 15) is 18.6 Å². The van der Waals surface area contributed by atoms with Gasteiger partial charge in [0.05, 0.1) is 11.0 Å². The quantitative estimate of drug-likeness (QED) is 0.691. The highest BCUT2D eigenvalue weighted by molar-refractivity contribution is 7.89. The van der Waals surface area contributed by atoms with Gasteiger partial charge in [-0.05, 0) is 43.9 Å². The lowest BCUT2D eigenvalue weighted by atomic mass is 9.88. The first kappa shape index (κ1) is 19.8. The molecule has 1 aromatic rings. The standard InChI is InChI=1S/C19H30N2O4S/c22-18-11-12-21(26(24,25)17-9-5-2-6-10-17)15-19(18,23)14-20-13-16-7-3-1-4-8-16/h2,5-6,9-10,16,18,20,22-23H,1,3-4,7-8,11-15H2/t18-,19+/m0/s1. The van der Waals surface area contributed by atoms with Crippen LogP contribution in [0.2, 0.25) is 0 Å². The van der Waals surface area contributed by atoms with Gasteiger partial charge in [-0.25, -0.2) is 8.42 Å². The molecule has 1 saturated carbocycles. The molecule has 1 aliphatic carbocycles. The average Bonchev–Trinajstić information content (AvgIpc) is 2.65. The zero-order chi connectivity index (χ0) is 18.6. The normalized spacial score (nSPS) is 28.9. The van der Waals surface area contributed by atoms with Crippen molar-refractivity contribution >= 4 is 10.0 Å². The summed E-state index contributed by atoms with van der Waals surface area (Å²) in [5.74, 6) is 0.609. The largest absolute Gasteiger partial charge is 0.390 e. The molecule has 7 heteroatoms. The molecule has 0 unspecified atom stereocenters. The average molecular weight is 383 g/mol. The number of nitrogens with zero attached hydrogens (tertiary/aromatic N) is 1. The van der Waals surface area contributed by atoms with Gasteiger partial charge in [-0.3, -0.25) is 0 Å². The van der Waals surface area contributed by atoms with Gasteiger partial charge in [-0.1, -0.05) is 37.5 Å². The SMILES string of the molecule is O=S(=O)(c1ccccc1)N1CC[C@H](O)[C@@](O)(CNCC2CCCCC2)C1. The van der Waals surface area contributed by atoms with Gasteiger partial charge in [0.2, 0.25) is 10.0 Å². The van der Waals surface area contributed by atoms with Crippen molar-refractivity contribution in [2.45, 2.75) is 55.1 Å². The van der Waals surface area contributed by atoms with Crippen LogP contribution in [0.15, 0.2) is 35.2 Å². The topological polar surface area (TPSA) is 89.9 Å². The van der Waals surface area contributed by atoms with E-state index < -0.39 is 21.7 Å². The van der Waals surface area contributed by atoms with Crippen molar-refractivity contribution < 1.29 is 18.6 Å². The van der Waals surface area contributed by atoms with Crippen LogP contribution in [0.25, 0.3) is 0 Å². The van der Waals surface area contributed by atoms with Gasteiger partial charge in [0.25, 0.3) is 0 Å². The third kappa shape index (κ3) is 4.46. The van der Waals surface area contributed by atoms with E-state index >= 15 is 0 Å². The van der Waals surface area contributed by atoms with Gasteiger partial charge in [0.1, 0.15) is 5.60 Å². The molecular formula is C19H30N2O4S. The Labute approximate surface area is 156 Å². The smallest absolute Gasteiger partial charge is 0.243 e. The molecule has 1 saturated heterocycles. The summed E-state index contributed by atoms with van der Waals surface area (Å²) in [7, 11) is -3.67. The van der Waals surface area contributed by atoms with Crippen molar-refractivity contribution in [2.24, 2.45) is 5.92 Å². The fourth-order valence-electron chi connectivity index (χ4n) is 4.03. The third-order valence-electron chi connectivity index (χ3n) is 5.69. The number of sulfonamides is 1. The first-order valence-electron chi connectivity index (χ1n) is 9.58. The Kier molecular flexibility index (Phi) is 6.35. The van der Waals surface area contributed by atoms with E-state index in [0.717, 1.165) is 6.54 Å². The van der Waals surface area contributed by atoms with Crippen molar-refractivity contribution in [1.29, 1.82) is 0 Å². The molecule has 6 nitrogen and oxygen atoms in total. The molecule has 0 spiro atoms. The Balaban J connectivity index is 1.63. The predicted molar refractivity (Wildman–Crippen MR) is 100 cm³/mol. The maximum absolute atomic E-state index is 12.8. The van der Waals surface area contributed by atoms with Crippen LogP contribution in [0, 0.1) is 5.92 Å². The predicted octanol–water partition coefficient (Wildman–Crippen LogP) is 1.34. The van der Waals surface area contributed by atoms with E-state index in [2.05, 4.69) is 5.32 Å². The van der Waals surface area contributed by atoms with Crippen molar-refractivity contribution in [3.05, 3.63) is 30.3 Å². The van der Waals surface area contributed by atoms with Gasteiger partial charge in [-0.15, -0.1) is 0 Å². The summed E-state index contributed by atoms with van der Waals surface area (Å²) >= 11 is 0. The van der Waals surface area contributed by atoms with Crippen LogP contribution in [0.4, 0.5) is 0 Å². The Bertz CT molecular complexity index is 676. The summed E-state index contributed by atoms with van der Waals surface area (Å²) in [5.41, 5.74) is -1.46. The second-order valence-electron chi connectivity index (χ2n) is 7.69.